The summed E-state index contributed by atoms with van der Waals surface area (Å²) in [6.45, 7) is 5.13. The Kier molecular flexibility index (Phi) is 6.39. The molecule has 88 valence electrons. The number of rotatable bonds is 7. The molecule has 0 aliphatic rings. The molecular formula is C15H22O. The van der Waals surface area contributed by atoms with Gasteiger partial charge >= 0.3 is 0 Å². The lowest BCUT2D eigenvalue weighted by Gasteiger charge is -2.04. The first kappa shape index (κ1) is 12.8. The van der Waals surface area contributed by atoms with Crippen molar-refractivity contribution >= 4 is 0 Å². The molecule has 0 amide bonds. The van der Waals surface area contributed by atoms with Crippen molar-refractivity contribution < 1.29 is 4.74 Å². The monoisotopic (exact) mass is 218 g/mol. The lowest BCUT2D eigenvalue weighted by Crippen LogP contribution is -1.96. The van der Waals surface area contributed by atoms with Gasteiger partial charge in [-0.3, -0.25) is 0 Å². The van der Waals surface area contributed by atoms with Gasteiger partial charge < -0.3 is 4.74 Å². The normalized spacial score (nSPS) is 9.88. The van der Waals surface area contributed by atoms with Crippen LogP contribution in [-0.2, 0) is 0 Å². The van der Waals surface area contributed by atoms with Crippen LogP contribution in [0.25, 0.3) is 0 Å². The highest BCUT2D eigenvalue weighted by atomic mass is 16.5. The molecule has 1 heteroatoms. The van der Waals surface area contributed by atoms with Crippen molar-refractivity contribution in [1.82, 2.24) is 0 Å². The van der Waals surface area contributed by atoms with Gasteiger partial charge in [0.2, 0.25) is 0 Å². The summed E-state index contributed by atoms with van der Waals surface area (Å²) in [5.41, 5.74) is 1.42. The molecule has 1 rings (SSSR count). The zero-order valence-electron chi connectivity index (χ0n) is 10.4. The number of allylic oxidation sites excluding steroid dienone is 2. The van der Waals surface area contributed by atoms with Gasteiger partial charge in [0.15, 0.2) is 0 Å². The quantitative estimate of drug-likeness (QED) is 0.480. The molecule has 1 aromatic carbocycles. The van der Waals surface area contributed by atoms with Gasteiger partial charge in [-0.2, -0.15) is 0 Å². The fourth-order valence-electron chi connectivity index (χ4n) is 1.52. The van der Waals surface area contributed by atoms with Gasteiger partial charge in [-0.25, -0.2) is 0 Å². The Morgan fingerprint density at radius 3 is 2.50 bits per heavy atom. The zero-order chi connectivity index (χ0) is 11.6. The molecular weight excluding hydrogens is 196 g/mol. The zero-order valence-corrected chi connectivity index (χ0v) is 10.4. The minimum absolute atomic E-state index is 0.832. The Bertz CT molecular complexity index is 296. The van der Waals surface area contributed by atoms with E-state index in [9.17, 15) is 0 Å². The van der Waals surface area contributed by atoms with Crippen LogP contribution >= 0.6 is 0 Å². The Labute approximate surface area is 99.1 Å². The summed E-state index contributed by atoms with van der Waals surface area (Å²) in [7, 11) is 0. The largest absolute Gasteiger partial charge is 0.494 e. The average molecular weight is 218 g/mol. The maximum atomic E-state index is 5.62. The molecule has 0 atom stereocenters. The molecule has 0 spiro atoms. The first-order valence-corrected chi connectivity index (χ1v) is 6.10. The van der Waals surface area contributed by atoms with Gasteiger partial charge in [-0.15, -0.1) is 0 Å². The van der Waals surface area contributed by atoms with E-state index >= 15 is 0 Å². The molecule has 0 aromatic heterocycles. The van der Waals surface area contributed by atoms with Crippen LogP contribution in [-0.4, -0.2) is 6.61 Å². The van der Waals surface area contributed by atoms with Crippen molar-refractivity contribution in [3.63, 3.8) is 0 Å². The SMILES string of the molecule is CC(C)=CCCCCCOc1ccccc1. The fraction of sp³-hybridized carbons (Fsp3) is 0.467. The second-order valence-electron chi connectivity index (χ2n) is 4.29. The van der Waals surface area contributed by atoms with E-state index in [0.717, 1.165) is 18.8 Å². The van der Waals surface area contributed by atoms with Crippen LogP contribution in [0.3, 0.4) is 0 Å². The van der Waals surface area contributed by atoms with Crippen LogP contribution in [0.4, 0.5) is 0 Å². The summed E-state index contributed by atoms with van der Waals surface area (Å²) in [5.74, 6) is 0.979. The van der Waals surface area contributed by atoms with Crippen LogP contribution in [0, 0.1) is 0 Å². The van der Waals surface area contributed by atoms with E-state index in [1.807, 2.05) is 30.3 Å². The Hall–Kier alpha value is -1.24. The number of ether oxygens (including phenoxy) is 1. The Morgan fingerprint density at radius 1 is 1.06 bits per heavy atom. The average Bonchev–Trinajstić information content (AvgIpc) is 2.29. The van der Waals surface area contributed by atoms with E-state index in [1.54, 1.807) is 0 Å². The third kappa shape index (κ3) is 6.28. The van der Waals surface area contributed by atoms with Gasteiger partial charge in [-0.05, 0) is 51.7 Å². The van der Waals surface area contributed by atoms with Gasteiger partial charge in [0.25, 0.3) is 0 Å². The third-order valence-electron chi connectivity index (χ3n) is 2.41. The summed E-state index contributed by atoms with van der Waals surface area (Å²) in [6, 6.07) is 10.0. The van der Waals surface area contributed by atoms with Crippen molar-refractivity contribution in [2.75, 3.05) is 6.61 Å². The molecule has 16 heavy (non-hydrogen) atoms. The molecule has 0 unspecified atom stereocenters. The van der Waals surface area contributed by atoms with Crippen LogP contribution in [0.15, 0.2) is 42.0 Å². The van der Waals surface area contributed by atoms with Crippen LogP contribution in [0.5, 0.6) is 5.75 Å². The minimum atomic E-state index is 0.832. The highest BCUT2D eigenvalue weighted by Crippen LogP contribution is 2.10. The van der Waals surface area contributed by atoms with Crippen LogP contribution in [0.1, 0.15) is 39.5 Å². The molecule has 0 bridgehead atoms. The number of benzene rings is 1. The minimum Gasteiger partial charge on any atom is -0.494 e. The summed E-state index contributed by atoms with van der Waals surface area (Å²) < 4.78 is 5.62. The first-order valence-electron chi connectivity index (χ1n) is 6.10. The smallest absolute Gasteiger partial charge is 0.119 e. The van der Waals surface area contributed by atoms with Crippen LogP contribution < -0.4 is 4.74 Å². The molecule has 0 radical (unpaired) electrons. The van der Waals surface area contributed by atoms with E-state index in [2.05, 4.69) is 19.9 Å². The van der Waals surface area contributed by atoms with E-state index in [0.29, 0.717) is 0 Å². The van der Waals surface area contributed by atoms with Gasteiger partial charge in [0, 0.05) is 0 Å². The topological polar surface area (TPSA) is 9.23 Å². The lowest BCUT2D eigenvalue weighted by molar-refractivity contribution is 0.305. The van der Waals surface area contributed by atoms with E-state index < -0.39 is 0 Å². The van der Waals surface area contributed by atoms with Gasteiger partial charge in [0.05, 0.1) is 6.61 Å². The second kappa shape index (κ2) is 7.98. The predicted molar refractivity (Wildman–Crippen MR) is 69.8 cm³/mol. The van der Waals surface area contributed by atoms with Crippen molar-refractivity contribution in [3.05, 3.63) is 42.0 Å². The highest BCUT2D eigenvalue weighted by molar-refractivity contribution is 5.20. The summed E-state index contributed by atoms with van der Waals surface area (Å²) >= 11 is 0. The maximum absolute atomic E-state index is 5.62. The van der Waals surface area contributed by atoms with E-state index in [4.69, 9.17) is 4.74 Å². The molecule has 0 aliphatic carbocycles. The number of hydrogen-bond donors (Lipinski definition) is 0. The van der Waals surface area contributed by atoms with E-state index in [1.165, 1.54) is 24.8 Å². The van der Waals surface area contributed by atoms with Crippen molar-refractivity contribution in [2.24, 2.45) is 0 Å². The molecule has 0 saturated heterocycles. The summed E-state index contributed by atoms with van der Waals surface area (Å²) in [6.07, 6.45) is 7.16. The number of para-hydroxylation sites is 1. The molecule has 0 fully saturated rings. The van der Waals surface area contributed by atoms with Crippen molar-refractivity contribution in [3.8, 4) is 5.75 Å². The number of unbranched alkanes of at least 4 members (excludes halogenated alkanes) is 3. The highest BCUT2D eigenvalue weighted by Gasteiger charge is 1.92. The molecule has 0 saturated carbocycles. The number of hydrogen-bond acceptors (Lipinski definition) is 1. The molecule has 0 N–H and O–H groups in total. The lowest BCUT2D eigenvalue weighted by atomic mass is 10.1. The Morgan fingerprint density at radius 2 is 1.81 bits per heavy atom. The third-order valence-corrected chi connectivity index (χ3v) is 2.41. The molecule has 1 nitrogen and oxygen atoms in total. The molecule has 0 heterocycles. The summed E-state index contributed by atoms with van der Waals surface area (Å²) in [4.78, 5) is 0. The van der Waals surface area contributed by atoms with E-state index in [-0.39, 0.29) is 0 Å². The van der Waals surface area contributed by atoms with Gasteiger partial charge in [-0.1, -0.05) is 29.8 Å². The standard InChI is InChI=1S/C15H22O/c1-14(2)10-6-3-4-9-13-16-15-11-7-5-8-12-15/h5,7-8,10-12H,3-4,6,9,13H2,1-2H3. The van der Waals surface area contributed by atoms with Gasteiger partial charge in [0.1, 0.15) is 5.75 Å². The summed E-state index contributed by atoms with van der Waals surface area (Å²) in [5, 5.41) is 0. The fourth-order valence-corrected chi connectivity index (χ4v) is 1.52. The van der Waals surface area contributed by atoms with Crippen LogP contribution in [0.2, 0.25) is 0 Å². The second-order valence-corrected chi connectivity index (χ2v) is 4.29. The maximum Gasteiger partial charge on any atom is 0.119 e. The Balaban J connectivity index is 1.98. The molecule has 1 aromatic rings. The molecule has 0 aliphatic heterocycles. The predicted octanol–water partition coefficient (Wildman–Crippen LogP) is 4.59. The van der Waals surface area contributed by atoms with Crippen molar-refractivity contribution in [1.29, 1.82) is 0 Å². The van der Waals surface area contributed by atoms with Crippen molar-refractivity contribution in [2.45, 2.75) is 39.5 Å². The first-order chi connectivity index (χ1) is 7.79.